The fourth-order valence-corrected chi connectivity index (χ4v) is 3.86. The lowest BCUT2D eigenvalue weighted by molar-refractivity contribution is -0.146. The summed E-state index contributed by atoms with van der Waals surface area (Å²) in [4.78, 5) is 42.8. The Labute approximate surface area is 213 Å². The Morgan fingerprint density at radius 3 is 2.39 bits per heavy atom. The van der Waals surface area contributed by atoms with Gasteiger partial charge in [-0.25, -0.2) is 14.2 Å². The molecular weight excluding hydrogens is 484 g/mol. The molecule has 3 aromatic rings. The number of carbonyl (C=O) groups is 1. The Kier molecular flexibility index (Phi) is 7.79. The van der Waals surface area contributed by atoms with Gasteiger partial charge in [0.1, 0.15) is 5.75 Å². The van der Waals surface area contributed by atoms with Crippen molar-refractivity contribution in [1.82, 2.24) is 14.1 Å². The van der Waals surface area contributed by atoms with Crippen LogP contribution in [0.3, 0.4) is 0 Å². The van der Waals surface area contributed by atoms with Crippen LogP contribution in [-0.2, 0) is 16.1 Å². The van der Waals surface area contributed by atoms with Crippen molar-refractivity contribution in [1.29, 1.82) is 0 Å². The zero-order valence-corrected chi connectivity index (χ0v) is 21.2. The Bertz CT molecular complexity index is 1330. The monoisotopic (exact) mass is 512 g/mol. The van der Waals surface area contributed by atoms with E-state index in [-0.39, 0.29) is 12.5 Å². The molecule has 1 fully saturated rings. The number of benzene rings is 2. The molecule has 0 saturated heterocycles. The first-order valence-corrected chi connectivity index (χ1v) is 12.2. The SMILES string of the molecule is COC(=O)[C@@H](C)[C@@H](C)n1c(=O)nc(Nc2ccc(OCC3CC3)cc2)n(Cc2ccc(Cl)cc2)c1=O. The Hall–Kier alpha value is -3.59. The summed E-state index contributed by atoms with van der Waals surface area (Å²) in [5.74, 6) is 0.225. The summed E-state index contributed by atoms with van der Waals surface area (Å²) >= 11 is 6.01. The van der Waals surface area contributed by atoms with Crippen LogP contribution >= 0.6 is 11.6 Å². The third-order valence-electron chi connectivity index (χ3n) is 6.35. The highest BCUT2D eigenvalue weighted by Crippen LogP contribution is 2.30. The van der Waals surface area contributed by atoms with Crippen LogP contribution in [0.25, 0.3) is 0 Å². The minimum Gasteiger partial charge on any atom is -0.493 e. The highest BCUT2D eigenvalue weighted by atomic mass is 35.5. The molecule has 1 aliphatic rings. The second kappa shape index (κ2) is 11.0. The van der Waals surface area contributed by atoms with Crippen LogP contribution in [0.5, 0.6) is 5.75 Å². The molecule has 9 nitrogen and oxygen atoms in total. The summed E-state index contributed by atoms with van der Waals surface area (Å²) in [5, 5.41) is 3.65. The molecule has 1 saturated carbocycles. The van der Waals surface area contributed by atoms with E-state index in [4.69, 9.17) is 21.1 Å². The number of ether oxygens (including phenoxy) is 2. The van der Waals surface area contributed by atoms with E-state index in [0.29, 0.717) is 23.2 Å². The summed E-state index contributed by atoms with van der Waals surface area (Å²) in [7, 11) is 1.26. The number of aromatic nitrogens is 3. The van der Waals surface area contributed by atoms with Crippen LogP contribution in [0.2, 0.25) is 5.02 Å². The van der Waals surface area contributed by atoms with Crippen molar-refractivity contribution < 1.29 is 14.3 Å². The first-order chi connectivity index (χ1) is 17.3. The number of methoxy groups -OCH3 is 1. The minimum atomic E-state index is -0.765. The average Bonchev–Trinajstić information content (AvgIpc) is 3.70. The maximum Gasteiger partial charge on any atom is 0.355 e. The number of carbonyl (C=O) groups excluding carboxylic acids is 1. The van der Waals surface area contributed by atoms with Crippen LogP contribution in [0, 0.1) is 11.8 Å². The third kappa shape index (κ3) is 5.96. The number of hydrogen-bond acceptors (Lipinski definition) is 7. The van der Waals surface area contributed by atoms with Gasteiger partial charge < -0.3 is 14.8 Å². The number of nitrogens with zero attached hydrogens (tertiary/aromatic N) is 3. The molecule has 2 aromatic carbocycles. The van der Waals surface area contributed by atoms with E-state index in [2.05, 4.69) is 10.3 Å². The van der Waals surface area contributed by atoms with Crippen molar-refractivity contribution in [2.45, 2.75) is 39.3 Å². The van der Waals surface area contributed by atoms with Gasteiger partial charge in [-0.05, 0) is 74.6 Å². The number of rotatable bonds is 10. The van der Waals surface area contributed by atoms with Crippen molar-refractivity contribution >= 4 is 29.2 Å². The van der Waals surface area contributed by atoms with Crippen molar-refractivity contribution in [3.63, 3.8) is 0 Å². The van der Waals surface area contributed by atoms with Gasteiger partial charge in [0.25, 0.3) is 0 Å². The van der Waals surface area contributed by atoms with Crippen LogP contribution < -0.4 is 21.4 Å². The summed E-state index contributed by atoms with van der Waals surface area (Å²) in [5.41, 5.74) is 0.0651. The van der Waals surface area contributed by atoms with Crippen LogP contribution in [0.1, 0.15) is 38.3 Å². The second-order valence-electron chi connectivity index (χ2n) is 9.04. The smallest absolute Gasteiger partial charge is 0.355 e. The molecule has 0 unspecified atom stereocenters. The van der Waals surface area contributed by atoms with Crippen molar-refractivity contribution in [3.8, 4) is 5.75 Å². The lowest BCUT2D eigenvalue weighted by Crippen LogP contribution is -2.46. The number of halogens is 1. The molecule has 36 heavy (non-hydrogen) atoms. The van der Waals surface area contributed by atoms with Crippen molar-refractivity contribution in [2.75, 3.05) is 19.0 Å². The molecule has 10 heteroatoms. The first-order valence-electron chi connectivity index (χ1n) is 11.8. The summed E-state index contributed by atoms with van der Waals surface area (Å²) in [6.45, 7) is 4.06. The van der Waals surface area contributed by atoms with Gasteiger partial charge in [0, 0.05) is 10.7 Å². The Morgan fingerprint density at radius 2 is 1.78 bits per heavy atom. The van der Waals surface area contributed by atoms with Gasteiger partial charge >= 0.3 is 17.3 Å². The second-order valence-corrected chi connectivity index (χ2v) is 9.48. The zero-order valence-electron chi connectivity index (χ0n) is 20.4. The molecule has 190 valence electrons. The molecule has 0 bridgehead atoms. The number of nitrogens with one attached hydrogen (secondary N) is 1. The third-order valence-corrected chi connectivity index (χ3v) is 6.60. The number of esters is 1. The van der Waals surface area contributed by atoms with E-state index < -0.39 is 29.3 Å². The van der Waals surface area contributed by atoms with Crippen LogP contribution in [0.4, 0.5) is 11.6 Å². The minimum absolute atomic E-state index is 0.0840. The molecule has 1 heterocycles. The fraction of sp³-hybridized carbons (Fsp3) is 0.385. The zero-order chi connectivity index (χ0) is 25.8. The largest absolute Gasteiger partial charge is 0.493 e. The maximum atomic E-state index is 13.6. The van der Waals surface area contributed by atoms with Gasteiger partial charge in [-0.2, -0.15) is 4.98 Å². The van der Waals surface area contributed by atoms with Gasteiger partial charge in [0.2, 0.25) is 5.95 Å². The predicted octanol–water partition coefficient (Wildman–Crippen LogP) is 4.01. The van der Waals surface area contributed by atoms with Crippen LogP contribution in [0.15, 0.2) is 58.1 Å². The quantitative estimate of drug-likeness (QED) is 0.409. The molecule has 0 radical (unpaired) electrons. The summed E-state index contributed by atoms with van der Waals surface area (Å²) < 4.78 is 12.9. The van der Waals surface area contributed by atoms with Gasteiger partial charge in [0.05, 0.1) is 32.2 Å². The van der Waals surface area contributed by atoms with E-state index in [9.17, 15) is 14.4 Å². The standard InChI is InChI=1S/C26H29ClN4O5/c1-16(23(32)35-3)17(2)31-25(33)29-24(30(26(31)34)14-18-6-8-20(27)9-7-18)28-21-10-12-22(13-11-21)36-15-19-4-5-19/h6-13,16-17,19H,4-5,14-15H2,1-3H3,(H,28,29,33)/t16-,17+/m0/s1. The lowest BCUT2D eigenvalue weighted by Gasteiger charge is -2.22. The van der Waals surface area contributed by atoms with E-state index in [0.717, 1.165) is 15.9 Å². The van der Waals surface area contributed by atoms with Gasteiger partial charge in [-0.1, -0.05) is 23.7 Å². The Morgan fingerprint density at radius 1 is 1.11 bits per heavy atom. The van der Waals surface area contributed by atoms with Crippen molar-refractivity contribution in [2.24, 2.45) is 11.8 Å². The van der Waals surface area contributed by atoms with Gasteiger partial charge in [-0.15, -0.1) is 0 Å². The van der Waals surface area contributed by atoms with Gasteiger partial charge in [-0.3, -0.25) is 9.36 Å². The highest BCUT2D eigenvalue weighted by molar-refractivity contribution is 6.30. The number of hydrogen-bond donors (Lipinski definition) is 1. The van der Waals surface area contributed by atoms with Crippen molar-refractivity contribution in [3.05, 3.63) is 80.1 Å². The first kappa shape index (κ1) is 25.5. The molecule has 0 aliphatic heterocycles. The molecule has 1 aromatic heterocycles. The van der Waals surface area contributed by atoms with E-state index >= 15 is 0 Å². The summed E-state index contributed by atoms with van der Waals surface area (Å²) in [6.07, 6.45) is 2.41. The molecule has 1 N–H and O–H groups in total. The molecule has 2 atom stereocenters. The van der Waals surface area contributed by atoms with E-state index in [1.54, 1.807) is 50.2 Å². The normalized spacial score (nSPS) is 14.7. The molecule has 0 amide bonds. The molecular formula is C26H29ClN4O5. The Balaban J connectivity index is 1.68. The molecule has 1 aliphatic carbocycles. The molecule has 4 rings (SSSR count). The van der Waals surface area contributed by atoms with E-state index in [1.165, 1.54) is 24.5 Å². The van der Waals surface area contributed by atoms with Gasteiger partial charge in [0.15, 0.2) is 0 Å². The average molecular weight is 513 g/mol. The highest BCUT2D eigenvalue weighted by Gasteiger charge is 2.27. The number of anilines is 2. The van der Waals surface area contributed by atoms with Crippen LogP contribution in [-0.4, -0.2) is 33.8 Å². The van der Waals surface area contributed by atoms with E-state index in [1.807, 2.05) is 12.1 Å². The summed E-state index contributed by atoms with van der Waals surface area (Å²) in [6, 6.07) is 13.5. The fourth-order valence-electron chi connectivity index (χ4n) is 3.73. The maximum absolute atomic E-state index is 13.6. The predicted molar refractivity (Wildman–Crippen MR) is 137 cm³/mol. The lowest BCUT2D eigenvalue weighted by atomic mass is 10.0. The topological polar surface area (TPSA) is 104 Å². The molecule has 0 spiro atoms.